The number of aliphatic hydroxyl groups excluding tert-OH is 1. The summed E-state index contributed by atoms with van der Waals surface area (Å²) in [6.45, 7) is 1.65. The molecule has 7 nitrogen and oxygen atoms in total. The van der Waals surface area contributed by atoms with Crippen LogP contribution in [0.15, 0.2) is 59.8 Å². The average molecular weight is 370 g/mol. The zero-order chi connectivity index (χ0) is 18.4. The lowest BCUT2D eigenvalue weighted by Crippen LogP contribution is -2.20. The van der Waals surface area contributed by atoms with E-state index in [4.69, 9.17) is 4.74 Å². The lowest BCUT2D eigenvalue weighted by atomic mass is 10.1. The van der Waals surface area contributed by atoms with Crippen molar-refractivity contribution in [3.05, 3.63) is 60.2 Å². The number of carbonyl (C=O) groups excluding carboxylic acids is 1. The number of carbonyl (C=O) groups is 1. The molecular weight excluding hydrogens is 352 g/mol. The highest BCUT2D eigenvalue weighted by Crippen LogP contribution is 2.19. The van der Waals surface area contributed by atoms with Gasteiger partial charge in [-0.05, 0) is 53.7 Å². The fraction of sp³-hybridized carbons (Fsp3) is 0.222. The maximum Gasteiger partial charge on any atom is 0.214 e. The lowest BCUT2D eigenvalue weighted by molar-refractivity contribution is 0.101. The Kier molecular flexibility index (Phi) is 5.98. The van der Waals surface area contributed by atoms with Crippen molar-refractivity contribution in [2.24, 2.45) is 0 Å². The third-order valence-corrected chi connectivity index (χ3v) is 4.61. The highest BCUT2D eigenvalue weighted by Gasteiger charge is 2.12. The van der Waals surface area contributed by atoms with Gasteiger partial charge in [-0.1, -0.05) is 30.0 Å². The summed E-state index contributed by atoms with van der Waals surface area (Å²) in [6, 6.07) is 16.4. The Morgan fingerprint density at radius 1 is 1.19 bits per heavy atom. The Labute approximate surface area is 155 Å². The number of thioether (sulfide) groups is 1. The minimum absolute atomic E-state index is 0.00382. The second kappa shape index (κ2) is 8.59. The molecule has 0 saturated carbocycles. The largest absolute Gasteiger partial charge is 0.491 e. The van der Waals surface area contributed by atoms with Gasteiger partial charge in [0.2, 0.25) is 5.16 Å². The van der Waals surface area contributed by atoms with E-state index in [0.29, 0.717) is 22.2 Å². The van der Waals surface area contributed by atoms with Gasteiger partial charge < -0.3 is 9.84 Å². The Balaban J connectivity index is 1.51. The Bertz CT molecular complexity index is 852. The molecule has 134 valence electrons. The molecule has 1 N–H and O–H groups in total. The molecule has 26 heavy (non-hydrogen) atoms. The number of aromatic nitrogens is 4. The predicted octanol–water partition coefficient (Wildman–Crippen LogP) is 2.40. The van der Waals surface area contributed by atoms with Crippen LogP contribution in [0.3, 0.4) is 0 Å². The van der Waals surface area contributed by atoms with Gasteiger partial charge in [0.1, 0.15) is 12.4 Å². The fourth-order valence-corrected chi connectivity index (χ4v) is 2.99. The summed E-state index contributed by atoms with van der Waals surface area (Å²) < 4.78 is 7.18. The molecule has 0 spiro atoms. The number of nitrogens with zero attached hydrogens (tertiary/aromatic N) is 4. The summed E-state index contributed by atoms with van der Waals surface area (Å²) in [6.07, 6.45) is -0.687. The summed E-state index contributed by atoms with van der Waals surface area (Å²) in [5.74, 6) is 0.996. The number of benzene rings is 2. The topological polar surface area (TPSA) is 90.1 Å². The van der Waals surface area contributed by atoms with Crippen LogP contribution in [0.5, 0.6) is 5.75 Å². The quantitative estimate of drug-likeness (QED) is 0.481. The molecule has 0 amide bonds. The molecule has 3 rings (SSSR count). The molecule has 0 radical (unpaired) electrons. The molecule has 2 aromatic carbocycles. The Hall–Kier alpha value is -2.71. The van der Waals surface area contributed by atoms with Crippen LogP contribution in [0.25, 0.3) is 5.69 Å². The molecule has 0 unspecified atom stereocenters. The minimum atomic E-state index is -0.687. The molecule has 1 heterocycles. The molecule has 0 aliphatic rings. The van der Waals surface area contributed by atoms with Crippen molar-refractivity contribution in [3.8, 4) is 11.4 Å². The van der Waals surface area contributed by atoms with Gasteiger partial charge in [-0.2, -0.15) is 4.68 Å². The highest BCUT2D eigenvalue weighted by molar-refractivity contribution is 7.99. The highest BCUT2D eigenvalue weighted by atomic mass is 32.2. The van der Waals surface area contributed by atoms with Crippen LogP contribution in [0.1, 0.15) is 17.3 Å². The minimum Gasteiger partial charge on any atom is -0.491 e. The first-order valence-corrected chi connectivity index (χ1v) is 9.00. The van der Waals surface area contributed by atoms with Crippen LogP contribution < -0.4 is 4.74 Å². The second-order valence-corrected chi connectivity index (χ2v) is 6.55. The maximum atomic E-state index is 11.2. The smallest absolute Gasteiger partial charge is 0.214 e. The van der Waals surface area contributed by atoms with Crippen LogP contribution in [0, 0.1) is 0 Å². The normalized spacial score (nSPS) is 11.9. The van der Waals surface area contributed by atoms with Crippen molar-refractivity contribution in [2.75, 3.05) is 12.4 Å². The zero-order valence-corrected chi connectivity index (χ0v) is 15.0. The van der Waals surface area contributed by atoms with Crippen LogP contribution in [-0.2, 0) is 0 Å². The number of rotatable bonds is 8. The van der Waals surface area contributed by atoms with E-state index in [9.17, 15) is 9.90 Å². The van der Waals surface area contributed by atoms with Gasteiger partial charge in [0.05, 0.1) is 11.8 Å². The van der Waals surface area contributed by atoms with Gasteiger partial charge in [0, 0.05) is 11.3 Å². The van der Waals surface area contributed by atoms with E-state index in [1.54, 1.807) is 28.9 Å². The van der Waals surface area contributed by atoms with Crippen molar-refractivity contribution in [2.45, 2.75) is 18.2 Å². The van der Waals surface area contributed by atoms with E-state index in [1.807, 2.05) is 30.3 Å². The molecule has 0 fully saturated rings. The second-order valence-electron chi connectivity index (χ2n) is 5.57. The number of hydrogen-bond donors (Lipinski definition) is 1. The summed E-state index contributed by atoms with van der Waals surface area (Å²) in [5.41, 5.74) is 1.48. The van der Waals surface area contributed by atoms with Crippen LogP contribution in [-0.4, -0.2) is 49.6 Å². The van der Waals surface area contributed by atoms with Gasteiger partial charge in [-0.25, -0.2) is 0 Å². The third-order valence-electron chi connectivity index (χ3n) is 3.55. The van der Waals surface area contributed by atoms with E-state index in [-0.39, 0.29) is 12.4 Å². The number of hydrogen-bond acceptors (Lipinski definition) is 7. The van der Waals surface area contributed by atoms with Crippen molar-refractivity contribution in [3.63, 3.8) is 0 Å². The van der Waals surface area contributed by atoms with Crippen LogP contribution in [0.2, 0.25) is 0 Å². The van der Waals surface area contributed by atoms with E-state index < -0.39 is 6.10 Å². The summed E-state index contributed by atoms with van der Waals surface area (Å²) in [5, 5.41) is 22.4. The molecule has 0 saturated heterocycles. The molecule has 8 heteroatoms. The predicted molar refractivity (Wildman–Crippen MR) is 97.8 cm³/mol. The first-order chi connectivity index (χ1) is 12.6. The van der Waals surface area contributed by atoms with Crippen LogP contribution in [0.4, 0.5) is 0 Å². The van der Waals surface area contributed by atoms with Gasteiger partial charge >= 0.3 is 0 Å². The third kappa shape index (κ3) is 4.68. The summed E-state index contributed by atoms with van der Waals surface area (Å²) >= 11 is 1.35. The average Bonchev–Trinajstić information content (AvgIpc) is 3.14. The first kappa shape index (κ1) is 18.1. The Morgan fingerprint density at radius 2 is 1.92 bits per heavy atom. The number of tetrazole rings is 1. The Morgan fingerprint density at radius 3 is 2.62 bits per heavy atom. The van der Waals surface area contributed by atoms with Crippen molar-refractivity contribution in [1.29, 1.82) is 0 Å². The van der Waals surface area contributed by atoms with Gasteiger partial charge in [0.25, 0.3) is 0 Å². The molecule has 0 aliphatic carbocycles. The number of ether oxygens (including phenoxy) is 1. The molecule has 1 atom stereocenters. The van der Waals surface area contributed by atoms with E-state index in [0.717, 1.165) is 5.69 Å². The van der Waals surface area contributed by atoms with E-state index in [1.165, 1.54) is 18.7 Å². The summed E-state index contributed by atoms with van der Waals surface area (Å²) in [4.78, 5) is 11.2. The summed E-state index contributed by atoms with van der Waals surface area (Å²) in [7, 11) is 0. The van der Waals surface area contributed by atoms with Crippen molar-refractivity contribution in [1.82, 2.24) is 20.2 Å². The van der Waals surface area contributed by atoms with Crippen LogP contribution >= 0.6 is 11.8 Å². The standard InChI is InChI=1S/C18H18N4O3S/c1-13(23)14-7-9-17(10-8-14)25-11-16(24)12-26-18-19-20-21-22(18)15-5-3-2-4-6-15/h2-10,16,24H,11-12H2,1H3/t16-/m1/s1. The number of para-hydroxylation sites is 1. The molecule has 1 aromatic heterocycles. The van der Waals surface area contributed by atoms with Crippen molar-refractivity contribution >= 4 is 17.5 Å². The van der Waals surface area contributed by atoms with Crippen molar-refractivity contribution < 1.29 is 14.6 Å². The number of ketones is 1. The maximum absolute atomic E-state index is 11.2. The van der Waals surface area contributed by atoms with Gasteiger partial charge in [-0.3, -0.25) is 4.79 Å². The SMILES string of the molecule is CC(=O)c1ccc(OC[C@@H](O)CSc2nnnn2-c2ccccc2)cc1. The van der Waals surface area contributed by atoms with E-state index in [2.05, 4.69) is 15.5 Å². The monoisotopic (exact) mass is 370 g/mol. The number of Topliss-reactive ketones (excluding diaryl/α,β-unsaturated/α-hetero) is 1. The molecule has 0 bridgehead atoms. The lowest BCUT2D eigenvalue weighted by Gasteiger charge is -2.12. The molecular formula is C18H18N4O3S. The number of aliphatic hydroxyl groups is 1. The molecule has 3 aromatic rings. The fourth-order valence-electron chi connectivity index (χ4n) is 2.20. The van der Waals surface area contributed by atoms with Gasteiger partial charge in [0.15, 0.2) is 5.78 Å². The zero-order valence-electron chi connectivity index (χ0n) is 14.1. The van der Waals surface area contributed by atoms with E-state index >= 15 is 0 Å². The first-order valence-electron chi connectivity index (χ1n) is 8.02. The van der Waals surface area contributed by atoms with Gasteiger partial charge in [-0.15, -0.1) is 5.10 Å². The molecule has 0 aliphatic heterocycles.